The van der Waals surface area contributed by atoms with Gasteiger partial charge < -0.3 is 0 Å². The number of alkyl halides is 3. The van der Waals surface area contributed by atoms with E-state index < -0.39 is 12.9 Å². The van der Waals surface area contributed by atoms with Crippen LogP contribution in [0.4, 0.5) is 18.9 Å². The van der Waals surface area contributed by atoms with Crippen LogP contribution in [-0.2, 0) is 11.3 Å². The number of hydrogen-bond acceptors (Lipinski definition) is 3. The standard InChI is InChI=1S/C16H13F3N2O/c17-16(18,19)22-21(11-10-20)15-9-5-4-8-14(15)12-13-6-2-1-3-7-13/h1-9H,11-12H2. The second kappa shape index (κ2) is 6.96. The van der Waals surface area contributed by atoms with Gasteiger partial charge in [-0.2, -0.15) is 10.1 Å². The zero-order chi connectivity index (χ0) is 16.0. The molecular weight excluding hydrogens is 293 g/mol. The minimum Gasteiger partial charge on any atom is -0.231 e. The molecule has 6 heteroatoms. The Bertz CT molecular complexity index is 650. The first-order chi connectivity index (χ1) is 10.5. The van der Waals surface area contributed by atoms with Crippen LogP contribution in [0.15, 0.2) is 54.6 Å². The Morgan fingerprint density at radius 1 is 1.00 bits per heavy atom. The van der Waals surface area contributed by atoms with E-state index in [2.05, 4.69) is 4.84 Å². The summed E-state index contributed by atoms with van der Waals surface area (Å²) in [5, 5.41) is 9.30. The van der Waals surface area contributed by atoms with Gasteiger partial charge in [-0.15, -0.1) is 13.2 Å². The molecular formula is C16H13F3N2O. The average Bonchev–Trinajstić information content (AvgIpc) is 2.47. The maximum Gasteiger partial charge on any atom is 0.544 e. The van der Waals surface area contributed by atoms with Crippen LogP contribution in [0.1, 0.15) is 11.1 Å². The van der Waals surface area contributed by atoms with Crippen LogP contribution in [0.2, 0.25) is 0 Å². The summed E-state index contributed by atoms with van der Waals surface area (Å²) in [7, 11) is 0. The zero-order valence-corrected chi connectivity index (χ0v) is 11.5. The molecule has 2 aromatic carbocycles. The van der Waals surface area contributed by atoms with Crippen molar-refractivity contribution in [3.63, 3.8) is 0 Å². The van der Waals surface area contributed by atoms with Gasteiger partial charge in [-0.25, -0.2) is 5.06 Å². The second-order valence-electron chi connectivity index (χ2n) is 4.52. The van der Waals surface area contributed by atoms with Crippen molar-refractivity contribution in [3.8, 4) is 6.07 Å². The summed E-state index contributed by atoms with van der Waals surface area (Å²) >= 11 is 0. The van der Waals surface area contributed by atoms with Crippen molar-refractivity contribution < 1.29 is 18.0 Å². The highest BCUT2D eigenvalue weighted by Gasteiger charge is 2.34. The van der Waals surface area contributed by atoms with Crippen LogP contribution in [0.3, 0.4) is 0 Å². The van der Waals surface area contributed by atoms with Gasteiger partial charge in [0.2, 0.25) is 0 Å². The predicted molar refractivity (Wildman–Crippen MR) is 75.8 cm³/mol. The zero-order valence-electron chi connectivity index (χ0n) is 11.5. The number of para-hydroxylation sites is 1. The predicted octanol–water partition coefficient (Wildman–Crippen LogP) is 4.06. The van der Waals surface area contributed by atoms with Crippen molar-refractivity contribution in [2.45, 2.75) is 12.8 Å². The molecule has 0 saturated carbocycles. The molecule has 0 heterocycles. The van der Waals surface area contributed by atoms with Crippen molar-refractivity contribution in [2.24, 2.45) is 0 Å². The first-order valence-corrected chi connectivity index (χ1v) is 6.52. The Hall–Kier alpha value is -2.52. The van der Waals surface area contributed by atoms with E-state index in [9.17, 15) is 13.2 Å². The molecule has 0 unspecified atom stereocenters. The average molecular weight is 306 g/mol. The SMILES string of the molecule is N#CCN(OC(F)(F)F)c1ccccc1Cc1ccccc1. The Balaban J connectivity index is 2.31. The maximum atomic E-state index is 12.5. The molecule has 0 atom stereocenters. The van der Waals surface area contributed by atoms with Gasteiger partial charge in [-0.05, 0) is 23.6 Å². The van der Waals surface area contributed by atoms with E-state index in [-0.39, 0.29) is 5.69 Å². The molecule has 0 spiro atoms. The van der Waals surface area contributed by atoms with Crippen LogP contribution in [0, 0.1) is 11.3 Å². The fraction of sp³-hybridized carbons (Fsp3) is 0.188. The molecule has 0 saturated heterocycles. The monoisotopic (exact) mass is 306 g/mol. The molecule has 3 nitrogen and oxygen atoms in total. The minimum atomic E-state index is -4.85. The van der Waals surface area contributed by atoms with E-state index in [1.165, 1.54) is 6.07 Å². The van der Waals surface area contributed by atoms with Gasteiger partial charge in [0.1, 0.15) is 6.54 Å². The van der Waals surface area contributed by atoms with Crippen molar-refractivity contribution in [2.75, 3.05) is 11.6 Å². The van der Waals surface area contributed by atoms with E-state index in [4.69, 9.17) is 5.26 Å². The lowest BCUT2D eigenvalue weighted by molar-refractivity contribution is -0.329. The van der Waals surface area contributed by atoms with Gasteiger partial charge in [0.15, 0.2) is 0 Å². The van der Waals surface area contributed by atoms with Gasteiger partial charge in [-0.1, -0.05) is 48.5 Å². The van der Waals surface area contributed by atoms with E-state index >= 15 is 0 Å². The lowest BCUT2D eigenvalue weighted by atomic mass is 10.0. The van der Waals surface area contributed by atoms with Crippen molar-refractivity contribution in [3.05, 3.63) is 65.7 Å². The summed E-state index contributed by atoms with van der Waals surface area (Å²) in [6, 6.07) is 17.6. The number of nitriles is 1. The first-order valence-electron chi connectivity index (χ1n) is 6.52. The molecule has 0 aliphatic carbocycles. The van der Waals surface area contributed by atoms with Crippen molar-refractivity contribution in [1.82, 2.24) is 0 Å². The van der Waals surface area contributed by atoms with Crippen LogP contribution < -0.4 is 5.06 Å². The van der Waals surface area contributed by atoms with Gasteiger partial charge in [-0.3, -0.25) is 0 Å². The normalized spacial score (nSPS) is 11.0. The summed E-state index contributed by atoms with van der Waals surface area (Å²) in [6.07, 6.45) is -4.41. The fourth-order valence-electron chi connectivity index (χ4n) is 2.08. The highest BCUT2D eigenvalue weighted by atomic mass is 19.4. The summed E-state index contributed by atoms with van der Waals surface area (Å²) in [5.41, 5.74) is 1.83. The van der Waals surface area contributed by atoms with Crippen LogP contribution >= 0.6 is 0 Å². The summed E-state index contributed by atoms with van der Waals surface area (Å²) in [4.78, 5) is 3.95. The number of halogens is 3. The first kappa shape index (κ1) is 15.9. The van der Waals surface area contributed by atoms with Gasteiger partial charge in [0.05, 0.1) is 11.8 Å². The highest BCUT2D eigenvalue weighted by molar-refractivity contribution is 5.54. The summed E-state index contributed by atoms with van der Waals surface area (Å²) in [5.74, 6) is 0. The molecule has 0 aromatic heterocycles. The number of rotatable bonds is 5. The lowest BCUT2D eigenvalue weighted by Gasteiger charge is -2.24. The van der Waals surface area contributed by atoms with Gasteiger partial charge in [0, 0.05) is 0 Å². The van der Waals surface area contributed by atoms with E-state index in [1.807, 2.05) is 30.3 Å². The van der Waals surface area contributed by atoms with Gasteiger partial charge in [0.25, 0.3) is 0 Å². The summed E-state index contributed by atoms with van der Waals surface area (Å²) in [6.45, 7) is -0.523. The molecule has 0 fully saturated rings. The lowest BCUT2D eigenvalue weighted by Crippen LogP contribution is -2.32. The highest BCUT2D eigenvalue weighted by Crippen LogP contribution is 2.27. The minimum absolute atomic E-state index is 0.227. The van der Waals surface area contributed by atoms with E-state index in [1.54, 1.807) is 24.3 Å². The third-order valence-corrected chi connectivity index (χ3v) is 2.93. The molecule has 0 radical (unpaired) electrons. The van der Waals surface area contributed by atoms with Crippen molar-refractivity contribution >= 4 is 5.69 Å². The second-order valence-corrected chi connectivity index (χ2v) is 4.52. The van der Waals surface area contributed by atoms with Crippen molar-refractivity contribution in [1.29, 1.82) is 5.26 Å². The summed E-state index contributed by atoms with van der Waals surface area (Å²) < 4.78 is 37.5. The number of hydroxylamine groups is 1. The van der Waals surface area contributed by atoms with E-state index in [0.717, 1.165) is 5.56 Å². The Kier molecular flexibility index (Phi) is 5.02. The smallest absolute Gasteiger partial charge is 0.231 e. The number of benzene rings is 2. The third-order valence-electron chi connectivity index (χ3n) is 2.93. The van der Waals surface area contributed by atoms with Crippen LogP contribution in [0.5, 0.6) is 0 Å². The molecule has 0 bridgehead atoms. The molecule has 2 rings (SSSR count). The quantitative estimate of drug-likeness (QED) is 0.617. The van der Waals surface area contributed by atoms with Gasteiger partial charge >= 0.3 is 6.36 Å². The number of hydrogen-bond donors (Lipinski definition) is 0. The Morgan fingerprint density at radius 2 is 1.64 bits per heavy atom. The number of nitrogens with zero attached hydrogens (tertiary/aromatic N) is 2. The van der Waals surface area contributed by atoms with E-state index in [0.29, 0.717) is 17.0 Å². The number of anilines is 1. The fourth-order valence-corrected chi connectivity index (χ4v) is 2.08. The molecule has 0 N–H and O–H groups in total. The third kappa shape index (κ3) is 4.50. The molecule has 0 amide bonds. The molecule has 2 aromatic rings. The van der Waals surface area contributed by atoms with Crippen LogP contribution in [0.25, 0.3) is 0 Å². The Morgan fingerprint density at radius 3 is 2.27 bits per heavy atom. The van der Waals surface area contributed by atoms with Crippen LogP contribution in [-0.4, -0.2) is 12.9 Å². The molecule has 114 valence electrons. The maximum absolute atomic E-state index is 12.5. The molecule has 22 heavy (non-hydrogen) atoms. The largest absolute Gasteiger partial charge is 0.544 e. The topological polar surface area (TPSA) is 36.3 Å². The molecule has 0 aliphatic heterocycles. The molecule has 0 aliphatic rings. The Labute approximate surface area is 126 Å².